The number of carboxylic acids is 1. The van der Waals surface area contributed by atoms with E-state index < -0.39 is 5.97 Å². The van der Waals surface area contributed by atoms with Gasteiger partial charge in [-0.05, 0) is 17.5 Å². The first-order chi connectivity index (χ1) is 9.69. The van der Waals surface area contributed by atoms with Gasteiger partial charge in [0, 0.05) is 5.38 Å². The Morgan fingerprint density at radius 2 is 2.10 bits per heavy atom. The van der Waals surface area contributed by atoms with Crippen LogP contribution in [0.15, 0.2) is 35.8 Å². The van der Waals surface area contributed by atoms with E-state index in [1.165, 1.54) is 16.9 Å². The van der Waals surface area contributed by atoms with Crippen LogP contribution in [-0.4, -0.2) is 20.5 Å². The van der Waals surface area contributed by atoms with Crippen molar-refractivity contribution in [3.8, 4) is 11.3 Å². The zero-order valence-electron chi connectivity index (χ0n) is 11.0. The number of imidazole rings is 1. The molecule has 3 rings (SSSR count). The quantitative estimate of drug-likeness (QED) is 0.801. The monoisotopic (exact) mass is 286 g/mol. The molecule has 3 aromatic rings. The summed E-state index contributed by atoms with van der Waals surface area (Å²) >= 11 is 1.53. The Morgan fingerprint density at radius 3 is 2.75 bits per heavy atom. The molecule has 0 fully saturated rings. The van der Waals surface area contributed by atoms with Crippen LogP contribution in [0.1, 0.15) is 18.2 Å². The molecule has 20 heavy (non-hydrogen) atoms. The summed E-state index contributed by atoms with van der Waals surface area (Å²) in [5.41, 5.74) is 4.08. The van der Waals surface area contributed by atoms with Crippen molar-refractivity contribution in [1.82, 2.24) is 9.38 Å². The first-order valence-corrected chi connectivity index (χ1v) is 7.32. The lowest BCUT2D eigenvalue weighted by Crippen LogP contribution is -2.03. The van der Waals surface area contributed by atoms with Crippen molar-refractivity contribution in [2.24, 2.45) is 0 Å². The zero-order chi connectivity index (χ0) is 14.1. The average molecular weight is 286 g/mol. The summed E-state index contributed by atoms with van der Waals surface area (Å²) in [6.45, 7) is 2.12. The number of benzene rings is 1. The molecule has 0 atom stereocenters. The highest BCUT2D eigenvalue weighted by molar-refractivity contribution is 7.15. The van der Waals surface area contributed by atoms with Crippen molar-refractivity contribution >= 4 is 22.3 Å². The predicted octanol–water partition coefficient (Wildman–Crippen LogP) is 3.25. The van der Waals surface area contributed by atoms with Gasteiger partial charge in [0.05, 0.1) is 24.0 Å². The summed E-state index contributed by atoms with van der Waals surface area (Å²) in [6.07, 6.45) is 2.64. The molecule has 1 N–H and O–H groups in total. The van der Waals surface area contributed by atoms with Gasteiger partial charge in [0.1, 0.15) is 0 Å². The van der Waals surface area contributed by atoms with E-state index in [1.54, 1.807) is 6.20 Å². The summed E-state index contributed by atoms with van der Waals surface area (Å²) in [5.74, 6) is -0.842. The lowest BCUT2D eigenvalue weighted by molar-refractivity contribution is -0.136. The number of hydrogen-bond acceptors (Lipinski definition) is 3. The van der Waals surface area contributed by atoms with Gasteiger partial charge >= 0.3 is 5.97 Å². The van der Waals surface area contributed by atoms with Crippen LogP contribution in [0.25, 0.3) is 16.2 Å². The molecule has 0 aliphatic rings. The van der Waals surface area contributed by atoms with Gasteiger partial charge in [-0.3, -0.25) is 9.20 Å². The van der Waals surface area contributed by atoms with E-state index >= 15 is 0 Å². The third-order valence-electron chi connectivity index (χ3n) is 3.31. The number of aliphatic carboxylic acids is 1. The number of hydrogen-bond donors (Lipinski definition) is 1. The molecule has 1 aromatic carbocycles. The maximum Gasteiger partial charge on any atom is 0.309 e. The van der Waals surface area contributed by atoms with E-state index in [9.17, 15) is 4.79 Å². The highest BCUT2D eigenvalue weighted by Gasteiger charge is 2.13. The fraction of sp³-hybridized carbons (Fsp3) is 0.200. The SMILES string of the molecule is CCc1ccc(-c2csc3ncc(CC(=O)O)n23)cc1. The number of fused-ring (bicyclic) bond motifs is 1. The van der Waals surface area contributed by atoms with E-state index in [2.05, 4.69) is 36.2 Å². The number of nitrogens with zero attached hydrogens (tertiary/aromatic N) is 2. The first kappa shape index (κ1) is 12.9. The first-order valence-electron chi connectivity index (χ1n) is 6.44. The van der Waals surface area contributed by atoms with Crippen LogP contribution in [0.2, 0.25) is 0 Å². The van der Waals surface area contributed by atoms with Gasteiger partial charge in [-0.1, -0.05) is 31.2 Å². The van der Waals surface area contributed by atoms with Crippen molar-refractivity contribution in [3.05, 3.63) is 47.1 Å². The number of thiazole rings is 1. The molecule has 2 heterocycles. The number of aromatic nitrogens is 2. The standard InChI is InChI=1S/C15H14N2O2S/c1-2-10-3-5-11(6-4-10)13-9-20-15-16-8-12(17(13)15)7-14(18)19/h3-6,8-9H,2,7H2,1H3,(H,18,19). The van der Waals surface area contributed by atoms with Gasteiger partial charge in [0.2, 0.25) is 0 Å². The van der Waals surface area contributed by atoms with Gasteiger partial charge in [-0.15, -0.1) is 11.3 Å². The Morgan fingerprint density at radius 1 is 1.35 bits per heavy atom. The second kappa shape index (κ2) is 5.09. The van der Waals surface area contributed by atoms with Crippen LogP contribution in [0.4, 0.5) is 0 Å². The maximum atomic E-state index is 10.9. The molecule has 0 saturated carbocycles. The lowest BCUT2D eigenvalue weighted by Gasteiger charge is -2.04. The zero-order valence-corrected chi connectivity index (χ0v) is 11.9. The summed E-state index contributed by atoms with van der Waals surface area (Å²) in [6, 6.07) is 8.36. The molecule has 0 unspecified atom stereocenters. The van der Waals surface area contributed by atoms with Gasteiger partial charge in [0.15, 0.2) is 4.96 Å². The van der Waals surface area contributed by atoms with E-state index in [0.29, 0.717) is 5.69 Å². The van der Waals surface area contributed by atoms with Gasteiger partial charge in [-0.25, -0.2) is 4.98 Å². The van der Waals surface area contributed by atoms with E-state index in [1.807, 2.05) is 9.78 Å². The van der Waals surface area contributed by atoms with Crippen molar-refractivity contribution < 1.29 is 9.90 Å². The van der Waals surface area contributed by atoms with Gasteiger partial charge in [0.25, 0.3) is 0 Å². The minimum atomic E-state index is -0.842. The molecule has 4 nitrogen and oxygen atoms in total. The highest BCUT2D eigenvalue weighted by atomic mass is 32.1. The Balaban J connectivity index is 2.10. The smallest absolute Gasteiger partial charge is 0.309 e. The Kier molecular flexibility index (Phi) is 3.28. The number of aryl methyl sites for hydroxylation is 1. The Labute approximate surface area is 120 Å². The fourth-order valence-corrected chi connectivity index (χ4v) is 3.15. The second-order valence-electron chi connectivity index (χ2n) is 4.61. The van der Waals surface area contributed by atoms with E-state index in [-0.39, 0.29) is 6.42 Å². The van der Waals surface area contributed by atoms with Crippen molar-refractivity contribution in [3.63, 3.8) is 0 Å². The van der Waals surface area contributed by atoms with Crippen LogP contribution in [0.3, 0.4) is 0 Å². The van der Waals surface area contributed by atoms with Gasteiger partial charge in [-0.2, -0.15) is 0 Å². The minimum Gasteiger partial charge on any atom is -0.481 e. The molecule has 0 amide bonds. The molecule has 0 aliphatic heterocycles. The third-order valence-corrected chi connectivity index (χ3v) is 4.15. The molecule has 0 spiro atoms. The molecule has 0 saturated heterocycles. The Hall–Kier alpha value is -2.14. The van der Waals surface area contributed by atoms with E-state index in [4.69, 9.17) is 5.11 Å². The number of carbonyl (C=O) groups is 1. The van der Waals surface area contributed by atoms with E-state index in [0.717, 1.165) is 22.6 Å². The molecule has 0 bridgehead atoms. The summed E-state index contributed by atoms with van der Waals surface area (Å²) in [5, 5.41) is 11.0. The molecule has 0 aliphatic carbocycles. The molecule has 5 heteroatoms. The average Bonchev–Trinajstić information content (AvgIpc) is 3.02. The molecule has 0 radical (unpaired) electrons. The molecular formula is C15H14N2O2S. The maximum absolute atomic E-state index is 10.9. The van der Waals surface area contributed by atoms with Crippen LogP contribution < -0.4 is 0 Å². The van der Waals surface area contributed by atoms with Crippen molar-refractivity contribution in [2.45, 2.75) is 19.8 Å². The lowest BCUT2D eigenvalue weighted by atomic mass is 10.1. The van der Waals surface area contributed by atoms with Crippen LogP contribution in [-0.2, 0) is 17.6 Å². The fourth-order valence-electron chi connectivity index (χ4n) is 2.26. The summed E-state index contributed by atoms with van der Waals surface area (Å²) in [7, 11) is 0. The van der Waals surface area contributed by atoms with Crippen LogP contribution >= 0.6 is 11.3 Å². The second-order valence-corrected chi connectivity index (χ2v) is 5.45. The van der Waals surface area contributed by atoms with Crippen molar-refractivity contribution in [1.29, 1.82) is 0 Å². The largest absolute Gasteiger partial charge is 0.481 e. The van der Waals surface area contributed by atoms with Crippen LogP contribution in [0.5, 0.6) is 0 Å². The summed E-state index contributed by atoms with van der Waals surface area (Å²) < 4.78 is 1.93. The molecular weight excluding hydrogens is 272 g/mol. The third kappa shape index (κ3) is 2.20. The topological polar surface area (TPSA) is 54.6 Å². The highest BCUT2D eigenvalue weighted by Crippen LogP contribution is 2.27. The molecule has 2 aromatic heterocycles. The van der Waals surface area contributed by atoms with Gasteiger partial charge < -0.3 is 5.11 Å². The van der Waals surface area contributed by atoms with Crippen molar-refractivity contribution in [2.75, 3.05) is 0 Å². The normalized spacial score (nSPS) is 11.1. The number of rotatable bonds is 4. The minimum absolute atomic E-state index is 0.0159. The predicted molar refractivity (Wildman–Crippen MR) is 79.2 cm³/mol. The summed E-state index contributed by atoms with van der Waals surface area (Å²) in [4.78, 5) is 16.0. The Bertz CT molecular complexity index is 756. The van der Waals surface area contributed by atoms with Crippen LogP contribution in [0, 0.1) is 0 Å². The molecule has 102 valence electrons. The number of carboxylic acid groups (broad SMARTS) is 1.